The summed E-state index contributed by atoms with van der Waals surface area (Å²) in [4.78, 5) is 12.5. The van der Waals surface area contributed by atoms with E-state index in [0.717, 1.165) is 22.3 Å². The first-order chi connectivity index (χ1) is 15.8. The van der Waals surface area contributed by atoms with E-state index < -0.39 is 10.0 Å². The van der Waals surface area contributed by atoms with E-state index in [9.17, 15) is 13.2 Å². The van der Waals surface area contributed by atoms with Gasteiger partial charge in [-0.3, -0.25) is 4.79 Å². The molecule has 4 aromatic rings. The Bertz CT molecular complexity index is 1380. The standard InChI is InChI=1S/C25H24N2O5S/c1-17-22-7-3-4-8-23(22)32-25(17)18(2)27-24(28)14-11-19-9-12-21(13-10-19)33(29,30)26-16-20-6-5-15-31-20/h3-15,18,26H,16H2,1-2H3,(H,27,28)/b14-11+. The number of hydrogen-bond donors (Lipinski definition) is 2. The highest BCUT2D eigenvalue weighted by molar-refractivity contribution is 7.89. The monoisotopic (exact) mass is 464 g/mol. The van der Waals surface area contributed by atoms with Gasteiger partial charge in [0.2, 0.25) is 15.9 Å². The van der Waals surface area contributed by atoms with Crippen LogP contribution in [0.2, 0.25) is 0 Å². The van der Waals surface area contributed by atoms with Crippen molar-refractivity contribution in [2.24, 2.45) is 0 Å². The molecule has 2 aromatic carbocycles. The largest absolute Gasteiger partial charge is 0.468 e. The summed E-state index contributed by atoms with van der Waals surface area (Å²) in [5.74, 6) is 0.963. The van der Waals surface area contributed by atoms with Gasteiger partial charge in [0.05, 0.1) is 23.7 Å². The van der Waals surface area contributed by atoms with Crippen molar-refractivity contribution in [3.63, 3.8) is 0 Å². The third-order valence-corrected chi connectivity index (χ3v) is 6.68. The first-order valence-corrected chi connectivity index (χ1v) is 11.9. The average molecular weight is 465 g/mol. The van der Waals surface area contributed by atoms with Gasteiger partial charge in [0.1, 0.15) is 17.1 Å². The van der Waals surface area contributed by atoms with Crippen molar-refractivity contribution >= 4 is 33.0 Å². The lowest BCUT2D eigenvalue weighted by Crippen LogP contribution is -2.24. The van der Waals surface area contributed by atoms with Crippen LogP contribution in [-0.2, 0) is 21.4 Å². The van der Waals surface area contributed by atoms with E-state index in [2.05, 4.69) is 10.0 Å². The summed E-state index contributed by atoms with van der Waals surface area (Å²) in [5.41, 5.74) is 2.48. The van der Waals surface area contributed by atoms with E-state index in [1.165, 1.54) is 24.5 Å². The predicted molar refractivity (Wildman–Crippen MR) is 126 cm³/mol. The molecule has 0 bridgehead atoms. The third-order valence-electron chi connectivity index (χ3n) is 5.27. The van der Waals surface area contributed by atoms with Crippen LogP contribution in [-0.4, -0.2) is 14.3 Å². The molecule has 4 rings (SSSR count). The number of rotatable bonds is 8. The minimum absolute atomic E-state index is 0.0695. The maximum atomic E-state index is 12.4. The number of aryl methyl sites for hydroxylation is 1. The number of carbonyl (C=O) groups is 1. The molecule has 33 heavy (non-hydrogen) atoms. The molecule has 1 unspecified atom stereocenters. The van der Waals surface area contributed by atoms with Crippen LogP contribution in [0.5, 0.6) is 0 Å². The topological polar surface area (TPSA) is 102 Å². The first-order valence-electron chi connectivity index (χ1n) is 10.4. The van der Waals surface area contributed by atoms with Gasteiger partial charge in [0.25, 0.3) is 0 Å². The number of para-hydroxylation sites is 1. The zero-order valence-electron chi connectivity index (χ0n) is 18.2. The molecule has 170 valence electrons. The van der Waals surface area contributed by atoms with Crippen LogP contribution in [0.4, 0.5) is 0 Å². The van der Waals surface area contributed by atoms with Crippen molar-refractivity contribution in [2.75, 3.05) is 0 Å². The van der Waals surface area contributed by atoms with E-state index in [-0.39, 0.29) is 23.4 Å². The van der Waals surface area contributed by atoms with Crippen LogP contribution in [0, 0.1) is 6.92 Å². The van der Waals surface area contributed by atoms with E-state index in [0.29, 0.717) is 11.3 Å². The quantitative estimate of drug-likeness (QED) is 0.368. The minimum Gasteiger partial charge on any atom is -0.468 e. The second-order valence-electron chi connectivity index (χ2n) is 7.62. The number of furan rings is 2. The highest BCUT2D eigenvalue weighted by Crippen LogP contribution is 2.29. The molecular weight excluding hydrogens is 440 g/mol. The van der Waals surface area contributed by atoms with Gasteiger partial charge in [-0.2, -0.15) is 0 Å². The number of nitrogens with one attached hydrogen (secondary N) is 2. The molecule has 0 saturated heterocycles. The van der Waals surface area contributed by atoms with Crippen LogP contribution < -0.4 is 10.0 Å². The second-order valence-corrected chi connectivity index (χ2v) is 9.39. The Labute approximate surface area is 192 Å². The van der Waals surface area contributed by atoms with Crippen molar-refractivity contribution in [3.8, 4) is 0 Å². The molecule has 0 aliphatic rings. The molecule has 2 aromatic heterocycles. The highest BCUT2D eigenvalue weighted by atomic mass is 32.2. The molecule has 7 nitrogen and oxygen atoms in total. The molecule has 0 radical (unpaired) electrons. The Balaban J connectivity index is 1.37. The van der Waals surface area contributed by atoms with Gasteiger partial charge < -0.3 is 14.2 Å². The highest BCUT2D eigenvalue weighted by Gasteiger charge is 2.17. The molecule has 0 aliphatic carbocycles. The Morgan fingerprint density at radius 3 is 2.52 bits per heavy atom. The second kappa shape index (κ2) is 9.48. The van der Waals surface area contributed by atoms with E-state index in [1.54, 1.807) is 30.3 Å². The number of hydrogen-bond acceptors (Lipinski definition) is 5. The number of amides is 1. The van der Waals surface area contributed by atoms with E-state index in [1.807, 2.05) is 38.1 Å². The van der Waals surface area contributed by atoms with Crippen molar-refractivity contribution in [1.82, 2.24) is 10.0 Å². The van der Waals surface area contributed by atoms with E-state index in [4.69, 9.17) is 8.83 Å². The van der Waals surface area contributed by atoms with Crippen molar-refractivity contribution in [1.29, 1.82) is 0 Å². The van der Waals surface area contributed by atoms with Crippen molar-refractivity contribution < 1.29 is 22.0 Å². The number of carbonyl (C=O) groups excluding carboxylic acids is 1. The van der Waals surface area contributed by atoms with Gasteiger partial charge in [0, 0.05) is 17.0 Å². The van der Waals surface area contributed by atoms with Crippen molar-refractivity contribution in [2.45, 2.75) is 31.3 Å². The summed E-state index contributed by atoms with van der Waals surface area (Å²) >= 11 is 0. The van der Waals surface area contributed by atoms with Gasteiger partial charge in [-0.15, -0.1) is 0 Å². The fraction of sp³-hybridized carbons (Fsp3) is 0.160. The number of fused-ring (bicyclic) bond motifs is 1. The third kappa shape index (κ3) is 5.24. The average Bonchev–Trinajstić information content (AvgIpc) is 3.45. The Kier molecular flexibility index (Phi) is 6.48. The summed E-state index contributed by atoms with van der Waals surface area (Å²) < 4.78 is 38.3. The summed E-state index contributed by atoms with van der Waals surface area (Å²) in [6.45, 7) is 3.91. The molecule has 2 heterocycles. The normalized spacial score (nSPS) is 12.9. The predicted octanol–water partition coefficient (Wildman–Crippen LogP) is 4.70. The zero-order valence-corrected chi connectivity index (χ0v) is 19.1. The van der Waals surface area contributed by atoms with Crippen molar-refractivity contribution in [3.05, 3.63) is 95.7 Å². The molecule has 2 N–H and O–H groups in total. The maximum Gasteiger partial charge on any atom is 0.244 e. The summed E-state index contributed by atoms with van der Waals surface area (Å²) in [6.07, 6.45) is 4.52. The smallest absolute Gasteiger partial charge is 0.244 e. The lowest BCUT2D eigenvalue weighted by molar-refractivity contribution is -0.117. The zero-order chi connectivity index (χ0) is 23.4. The van der Waals surface area contributed by atoms with Gasteiger partial charge in [-0.05, 0) is 55.8 Å². The Morgan fingerprint density at radius 2 is 1.82 bits per heavy atom. The van der Waals surface area contributed by atoms with E-state index >= 15 is 0 Å². The van der Waals surface area contributed by atoms with Crippen LogP contribution >= 0.6 is 0 Å². The Hall–Kier alpha value is -3.62. The lowest BCUT2D eigenvalue weighted by atomic mass is 10.1. The molecule has 8 heteroatoms. The number of benzene rings is 2. The summed E-state index contributed by atoms with van der Waals surface area (Å²) in [6, 6.07) is 17.1. The molecule has 0 aliphatic heterocycles. The SMILES string of the molecule is Cc1c(C(C)NC(=O)/C=C/c2ccc(S(=O)(=O)NCc3ccco3)cc2)oc2ccccc12. The molecular formula is C25H24N2O5S. The van der Waals surface area contributed by atoms with Gasteiger partial charge in [-0.25, -0.2) is 13.1 Å². The fourth-order valence-corrected chi connectivity index (χ4v) is 4.52. The molecule has 0 spiro atoms. The van der Waals surface area contributed by atoms with Crippen LogP contribution in [0.15, 0.2) is 86.7 Å². The Morgan fingerprint density at radius 1 is 1.06 bits per heavy atom. The molecule has 0 fully saturated rings. The molecule has 1 atom stereocenters. The number of sulfonamides is 1. The van der Waals surface area contributed by atoms with Gasteiger partial charge in [-0.1, -0.05) is 30.3 Å². The van der Waals surface area contributed by atoms with Crippen LogP contribution in [0.25, 0.3) is 17.0 Å². The lowest BCUT2D eigenvalue weighted by Gasteiger charge is -2.10. The summed E-state index contributed by atoms with van der Waals surface area (Å²) in [7, 11) is -3.67. The van der Waals surface area contributed by atoms with Gasteiger partial charge in [0.15, 0.2) is 0 Å². The molecule has 0 saturated carbocycles. The van der Waals surface area contributed by atoms with Crippen LogP contribution in [0.3, 0.4) is 0 Å². The minimum atomic E-state index is -3.67. The molecule has 1 amide bonds. The van der Waals surface area contributed by atoms with Gasteiger partial charge >= 0.3 is 0 Å². The first kappa shape index (κ1) is 22.6. The summed E-state index contributed by atoms with van der Waals surface area (Å²) in [5, 5.41) is 3.93. The maximum absolute atomic E-state index is 12.4. The van der Waals surface area contributed by atoms with Crippen LogP contribution in [0.1, 0.15) is 35.6 Å². The fourth-order valence-electron chi connectivity index (χ4n) is 3.53.